The molecule has 104 valence electrons. The van der Waals surface area contributed by atoms with Crippen LogP contribution in [-0.2, 0) is 0 Å². The Kier molecular flexibility index (Phi) is 3.63. The van der Waals surface area contributed by atoms with E-state index in [4.69, 9.17) is 17.3 Å². The van der Waals surface area contributed by atoms with Crippen LogP contribution in [-0.4, -0.2) is 14.5 Å². The second-order valence-corrected chi connectivity index (χ2v) is 6.07. The van der Waals surface area contributed by atoms with Crippen LogP contribution < -0.4 is 5.73 Å². The minimum absolute atomic E-state index is 0.179. The van der Waals surface area contributed by atoms with Crippen LogP contribution in [0.2, 0.25) is 5.02 Å². The van der Waals surface area contributed by atoms with Crippen LogP contribution in [0.15, 0.2) is 29.8 Å². The van der Waals surface area contributed by atoms with E-state index in [-0.39, 0.29) is 6.04 Å². The van der Waals surface area contributed by atoms with Crippen molar-refractivity contribution in [3.8, 4) is 0 Å². The van der Waals surface area contributed by atoms with E-state index in [1.54, 1.807) is 23.6 Å². The number of rotatable bonds is 4. The number of imidazole rings is 1. The summed E-state index contributed by atoms with van der Waals surface area (Å²) in [5.41, 5.74) is 7.65. The molecule has 4 nitrogen and oxygen atoms in total. The molecule has 0 amide bonds. The molecule has 0 fully saturated rings. The van der Waals surface area contributed by atoms with Crippen molar-refractivity contribution in [3.05, 3.63) is 39.7 Å². The molecule has 0 aromatic carbocycles. The molecule has 0 aliphatic rings. The first-order valence-corrected chi connectivity index (χ1v) is 7.78. The molecular weight excluding hydrogens is 292 g/mol. The predicted octanol–water partition coefficient (Wildman–Crippen LogP) is 4.12. The van der Waals surface area contributed by atoms with Crippen LogP contribution in [0.3, 0.4) is 0 Å². The van der Waals surface area contributed by atoms with Gasteiger partial charge in [0.25, 0.3) is 0 Å². The van der Waals surface area contributed by atoms with E-state index in [0.29, 0.717) is 11.0 Å². The molecule has 0 radical (unpaired) electrons. The van der Waals surface area contributed by atoms with Crippen LogP contribution in [0.1, 0.15) is 30.7 Å². The molecule has 3 aromatic rings. The number of halogens is 1. The normalized spacial score (nSPS) is 12.9. The molecule has 0 saturated carbocycles. The zero-order chi connectivity index (χ0) is 14.1. The van der Waals surface area contributed by atoms with E-state index in [2.05, 4.69) is 34.4 Å². The highest BCUT2D eigenvalue weighted by molar-refractivity contribution is 7.10. The van der Waals surface area contributed by atoms with Crippen molar-refractivity contribution < 1.29 is 0 Å². The minimum atomic E-state index is 0.179. The number of nitrogens with zero attached hydrogens (tertiary/aromatic N) is 3. The standard InChI is InChI=1S/C14H15ClN4S/c1-2-4-11(12-5-3-6-20-12)19-13-10(18-14(19)16)7-9(15)8-17-13/h3,5-8,11H,2,4H2,1H3,(H2,16,18). The predicted molar refractivity (Wildman–Crippen MR) is 84.3 cm³/mol. The topological polar surface area (TPSA) is 56.7 Å². The lowest BCUT2D eigenvalue weighted by molar-refractivity contribution is 0.557. The smallest absolute Gasteiger partial charge is 0.203 e. The van der Waals surface area contributed by atoms with Crippen LogP contribution in [0, 0.1) is 0 Å². The number of nitrogen functional groups attached to an aromatic ring is 1. The minimum Gasteiger partial charge on any atom is -0.369 e. The first kappa shape index (κ1) is 13.4. The van der Waals surface area contributed by atoms with E-state index < -0.39 is 0 Å². The van der Waals surface area contributed by atoms with Gasteiger partial charge in [-0.1, -0.05) is 31.0 Å². The highest BCUT2D eigenvalue weighted by Crippen LogP contribution is 2.32. The van der Waals surface area contributed by atoms with Gasteiger partial charge in [-0.3, -0.25) is 4.57 Å². The van der Waals surface area contributed by atoms with Gasteiger partial charge < -0.3 is 5.73 Å². The second-order valence-electron chi connectivity index (χ2n) is 4.66. The van der Waals surface area contributed by atoms with Gasteiger partial charge in [-0.25, -0.2) is 9.97 Å². The third kappa shape index (κ3) is 2.27. The first-order valence-electron chi connectivity index (χ1n) is 6.53. The fourth-order valence-corrected chi connectivity index (χ4v) is 3.44. The van der Waals surface area contributed by atoms with Crippen LogP contribution in [0.5, 0.6) is 0 Å². The van der Waals surface area contributed by atoms with Gasteiger partial charge >= 0.3 is 0 Å². The van der Waals surface area contributed by atoms with Gasteiger partial charge in [-0.05, 0) is 23.9 Å². The summed E-state index contributed by atoms with van der Waals surface area (Å²) in [7, 11) is 0. The van der Waals surface area contributed by atoms with Gasteiger partial charge in [0.2, 0.25) is 5.95 Å². The van der Waals surface area contributed by atoms with Gasteiger partial charge in [-0.2, -0.15) is 0 Å². The van der Waals surface area contributed by atoms with Gasteiger partial charge in [-0.15, -0.1) is 11.3 Å². The number of fused-ring (bicyclic) bond motifs is 1. The Hall–Kier alpha value is -1.59. The third-order valence-corrected chi connectivity index (χ3v) is 4.45. The molecular formula is C14H15ClN4S. The number of pyridine rings is 1. The van der Waals surface area contributed by atoms with Crippen molar-refractivity contribution in [1.82, 2.24) is 14.5 Å². The molecule has 6 heteroatoms. The van der Waals surface area contributed by atoms with Gasteiger partial charge in [0.1, 0.15) is 5.52 Å². The Labute approximate surface area is 126 Å². The van der Waals surface area contributed by atoms with E-state index in [9.17, 15) is 0 Å². The summed E-state index contributed by atoms with van der Waals surface area (Å²) in [6.07, 6.45) is 3.70. The highest BCUT2D eigenvalue weighted by Gasteiger charge is 2.20. The molecule has 0 bridgehead atoms. The van der Waals surface area contributed by atoms with Crippen LogP contribution >= 0.6 is 22.9 Å². The number of anilines is 1. The van der Waals surface area contributed by atoms with E-state index in [1.807, 2.05) is 4.57 Å². The molecule has 0 aliphatic carbocycles. The van der Waals surface area contributed by atoms with Gasteiger partial charge in [0.05, 0.1) is 11.1 Å². The molecule has 0 saturated heterocycles. The lowest BCUT2D eigenvalue weighted by atomic mass is 10.1. The first-order chi connectivity index (χ1) is 9.70. The number of nitrogens with two attached hydrogens (primary N) is 1. The number of thiophene rings is 1. The Morgan fingerprint density at radius 1 is 1.50 bits per heavy atom. The Balaban J connectivity index is 2.18. The van der Waals surface area contributed by atoms with Crippen molar-refractivity contribution in [2.24, 2.45) is 0 Å². The Bertz CT molecular complexity index is 720. The molecule has 0 spiro atoms. The summed E-state index contributed by atoms with van der Waals surface area (Å²) in [6, 6.07) is 6.17. The second kappa shape index (κ2) is 5.42. The number of hydrogen-bond acceptors (Lipinski definition) is 4. The summed E-state index contributed by atoms with van der Waals surface area (Å²) in [4.78, 5) is 10.1. The molecule has 1 atom stereocenters. The monoisotopic (exact) mass is 306 g/mol. The summed E-state index contributed by atoms with van der Waals surface area (Å²) in [5.74, 6) is 0.488. The zero-order valence-corrected chi connectivity index (χ0v) is 12.7. The molecule has 2 N–H and O–H groups in total. The maximum Gasteiger partial charge on any atom is 0.203 e. The fourth-order valence-electron chi connectivity index (χ4n) is 2.44. The van der Waals surface area contributed by atoms with E-state index >= 15 is 0 Å². The lowest BCUT2D eigenvalue weighted by Gasteiger charge is -2.18. The third-order valence-electron chi connectivity index (χ3n) is 3.27. The van der Waals surface area contributed by atoms with Crippen molar-refractivity contribution >= 4 is 40.0 Å². The molecule has 0 aliphatic heterocycles. The average molecular weight is 307 g/mol. The van der Waals surface area contributed by atoms with Crippen LogP contribution in [0.4, 0.5) is 5.95 Å². The van der Waals surface area contributed by atoms with Crippen molar-refractivity contribution in [3.63, 3.8) is 0 Å². The number of aromatic nitrogens is 3. The molecule has 3 heterocycles. The molecule has 3 aromatic heterocycles. The highest BCUT2D eigenvalue weighted by atomic mass is 35.5. The van der Waals surface area contributed by atoms with Gasteiger partial charge in [0, 0.05) is 11.1 Å². The SMILES string of the molecule is CCCC(c1cccs1)n1c(N)nc2cc(Cl)cnc21. The summed E-state index contributed by atoms with van der Waals surface area (Å²) in [5, 5.41) is 2.66. The van der Waals surface area contributed by atoms with E-state index in [0.717, 1.165) is 24.0 Å². The van der Waals surface area contributed by atoms with Crippen LogP contribution in [0.25, 0.3) is 11.2 Å². The average Bonchev–Trinajstić information content (AvgIpc) is 3.03. The quantitative estimate of drug-likeness (QED) is 0.789. The largest absolute Gasteiger partial charge is 0.369 e. The molecule has 1 unspecified atom stereocenters. The molecule has 20 heavy (non-hydrogen) atoms. The zero-order valence-electron chi connectivity index (χ0n) is 11.1. The Morgan fingerprint density at radius 3 is 3.05 bits per heavy atom. The summed E-state index contributed by atoms with van der Waals surface area (Å²) < 4.78 is 2.01. The summed E-state index contributed by atoms with van der Waals surface area (Å²) in [6.45, 7) is 2.17. The molecule has 3 rings (SSSR count). The van der Waals surface area contributed by atoms with Crippen molar-refractivity contribution in [2.45, 2.75) is 25.8 Å². The number of hydrogen-bond donors (Lipinski definition) is 1. The maximum atomic E-state index is 6.11. The van der Waals surface area contributed by atoms with Crippen molar-refractivity contribution in [1.29, 1.82) is 0 Å². The van der Waals surface area contributed by atoms with Gasteiger partial charge in [0.15, 0.2) is 5.65 Å². The fraction of sp³-hybridized carbons (Fsp3) is 0.286. The Morgan fingerprint density at radius 2 is 2.35 bits per heavy atom. The lowest BCUT2D eigenvalue weighted by Crippen LogP contribution is -2.12. The summed E-state index contributed by atoms with van der Waals surface area (Å²) >= 11 is 7.70. The maximum absolute atomic E-state index is 6.11. The van der Waals surface area contributed by atoms with Crippen molar-refractivity contribution in [2.75, 3.05) is 5.73 Å². The van der Waals surface area contributed by atoms with E-state index in [1.165, 1.54) is 4.88 Å².